The van der Waals surface area contributed by atoms with E-state index in [-0.39, 0.29) is 31.1 Å². The van der Waals surface area contributed by atoms with Gasteiger partial charge in [-0.2, -0.15) is 0 Å². The molecule has 7 N–H and O–H groups in total. The van der Waals surface area contributed by atoms with Gasteiger partial charge in [0, 0.05) is 6.42 Å². The molecule has 0 aliphatic rings. The van der Waals surface area contributed by atoms with Gasteiger partial charge < -0.3 is 32.1 Å². The number of rotatable bonds is 16. The van der Waals surface area contributed by atoms with Crippen LogP contribution < -0.4 is 27.0 Å². The minimum Gasteiger partial charge on any atom is -0.480 e. The van der Waals surface area contributed by atoms with Crippen molar-refractivity contribution in [2.45, 2.75) is 84.1 Å². The zero-order valence-electron chi connectivity index (χ0n) is 25.5. The summed E-state index contributed by atoms with van der Waals surface area (Å²) in [6, 6.07) is 13.2. The maximum atomic E-state index is 13.6. The fourth-order valence-corrected chi connectivity index (χ4v) is 4.43. The Kier molecular flexibility index (Phi) is 13.8. The van der Waals surface area contributed by atoms with Crippen LogP contribution in [0.15, 0.2) is 60.7 Å². The number of amides is 4. The Hall–Kier alpha value is -4.25. The first kappa shape index (κ1) is 34.9. The highest BCUT2D eigenvalue weighted by atomic mass is 16.4. The summed E-state index contributed by atoms with van der Waals surface area (Å²) in [4.78, 5) is 64.3. The first-order chi connectivity index (χ1) is 20.3. The molecule has 11 nitrogen and oxygen atoms in total. The summed E-state index contributed by atoms with van der Waals surface area (Å²) in [6.07, 6.45) is 0.657. The summed E-state index contributed by atoms with van der Waals surface area (Å²) in [6.45, 7) is 8.61. The third kappa shape index (κ3) is 11.9. The Morgan fingerprint density at radius 1 is 0.651 bits per heavy atom. The number of nitrogens with two attached hydrogens (primary N) is 1. The van der Waals surface area contributed by atoms with Gasteiger partial charge in [-0.05, 0) is 42.7 Å². The van der Waals surface area contributed by atoms with E-state index in [1.54, 1.807) is 26.0 Å². The maximum Gasteiger partial charge on any atom is 0.325 e. The number of benzene rings is 2. The number of carboxylic acids is 1. The van der Waals surface area contributed by atoms with Gasteiger partial charge in [0.1, 0.15) is 24.2 Å². The zero-order chi connectivity index (χ0) is 32.1. The van der Waals surface area contributed by atoms with Gasteiger partial charge in [0.15, 0.2) is 0 Å². The van der Waals surface area contributed by atoms with E-state index in [1.807, 2.05) is 62.4 Å². The summed E-state index contributed by atoms with van der Waals surface area (Å²) < 4.78 is 0. The molecule has 5 atom stereocenters. The van der Waals surface area contributed by atoms with Crippen molar-refractivity contribution in [3.05, 3.63) is 71.8 Å². The lowest BCUT2D eigenvalue weighted by Crippen LogP contribution is -2.60. The minimum absolute atomic E-state index is 0.000947. The lowest BCUT2D eigenvalue weighted by atomic mass is 9.99. The number of hydrogen-bond acceptors (Lipinski definition) is 6. The standard InChI is InChI=1S/C32H45N5O6/c1-19(2)16-25(29(39)34-21(5)32(42)43)35-30(40)26(18-23-14-10-7-11-15-23)36-31(41)27(20(3)4)37-28(38)24(33)17-22-12-8-6-9-13-22/h6-15,19-21,24-27H,16-18,33H2,1-5H3,(H,34,39)(H,35,40)(H,36,41)(H,37,38)(H,42,43)/t21-,24-,25-,26-,27-/m0/s1. The van der Waals surface area contributed by atoms with Gasteiger partial charge in [-0.1, -0.05) is 88.4 Å². The quantitative estimate of drug-likeness (QED) is 0.170. The molecule has 0 radical (unpaired) electrons. The molecule has 234 valence electrons. The molecule has 43 heavy (non-hydrogen) atoms. The summed E-state index contributed by atoms with van der Waals surface area (Å²) in [5.74, 6) is -3.86. The molecular weight excluding hydrogens is 550 g/mol. The Bertz CT molecular complexity index is 1220. The van der Waals surface area contributed by atoms with E-state index >= 15 is 0 Å². The highest BCUT2D eigenvalue weighted by molar-refractivity contribution is 5.95. The van der Waals surface area contributed by atoms with Crippen molar-refractivity contribution in [3.63, 3.8) is 0 Å². The Labute approximate surface area is 253 Å². The predicted octanol–water partition coefficient (Wildman–Crippen LogP) is 1.54. The van der Waals surface area contributed by atoms with E-state index in [9.17, 15) is 29.1 Å². The third-order valence-corrected chi connectivity index (χ3v) is 6.87. The maximum absolute atomic E-state index is 13.6. The molecule has 0 aliphatic heterocycles. The van der Waals surface area contributed by atoms with Gasteiger partial charge in [-0.3, -0.25) is 24.0 Å². The van der Waals surface area contributed by atoms with Gasteiger partial charge in [-0.15, -0.1) is 0 Å². The Morgan fingerprint density at radius 3 is 1.63 bits per heavy atom. The summed E-state index contributed by atoms with van der Waals surface area (Å²) in [5.41, 5.74) is 7.79. The molecule has 2 aromatic carbocycles. The molecule has 0 aliphatic carbocycles. The van der Waals surface area contributed by atoms with Crippen LogP contribution in [0, 0.1) is 11.8 Å². The van der Waals surface area contributed by atoms with Crippen LogP contribution >= 0.6 is 0 Å². The topological polar surface area (TPSA) is 180 Å². The van der Waals surface area contributed by atoms with E-state index in [0.717, 1.165) is 11.1 Å². The minimum atomic E-state index is -1.21. The van der Waals surface area contributed by atoms with Crippen LogP contribution in [0.2, 0.25) is 0 Å². The van der Waals surface area contributed by atoms with Gasteiger partial charge in [0.2, 0.25) is 23.6 Å². The van der Waals surface area contributed by atoms with Crippen molar-refractivity contribution in [3.8, 4) is 0 Å². The molecule has 4 amide bonds. The molecule has 0 saturated carbocycles. The van der Waals surface area contributed by atoms with Crippen molar-refractivity contribution in [1.29, 1.82) is 0 Å². The van der Waals surface area contributed by atoms with Crippen LogP contribution in [0.1, 0.15) is 52.2 Å². The number of hydrogen-bond donors (Lipinski definition) is 6. The van der Waals surface area contributed by atoms with Crippen molar-refractivity contribution in [2.75, 3.05) is 0 Å². The third-order valence-electron chi connectivity index (χ3n) is 6.87. The van der Waals surface area contributed by atoms with Crippen LogP contribution in [-0.2, 0) is 36.8 Å². The van der Waals surface area contributed by atoms with E-state index in [4.69, 9.17) is 5.73 Å². The molecule has 0 aromatic heterocycles. The molecule has 0 saturated heterocycles. The smallest absolute Gasteiger partial charge is 0.325 e. The van der Waals surface area contributed by atoms with Crippen LogP contribution in [0.4, 0.5) is 0 Å². The molecule has 0 fully saturated rings. The average molecular weight is 596 g/mol. The Balaban J connectivity index is 2.23. The fourth-order valence-electron chi connectivity index (χ4n) is 4.43. The first-order valence-corrected chi connectivity index (χ1v) is 14.6. The second kappa shape index (κ2) is 17.0. The van der Waals surface area contributed by atoms with Crippen LogP contribution in [0.5, 0.6) is 0 Å². The molecule has 2 aromatic rings. The number of carbonyl (C=O) groups is 5. The van der Waals surface area contributed by atoms with E-state index in [1.165, 1.54) is 6.92 Å². The van der Waals surface area contributed by atoms with Crippen molar-refractivity contribution < 1.29 is 29.1 Å². The van der Waals surface area contributed by atoms with E-state index in [0.29, 0.717) is 0 Å². The monoisotopic (exact) mass is 595 g/mol. The van der Waals surface area contributed by atoms with Crippen molar-refractivity contribution in [1.82, 2.24) is 21.3 Å². The van der Waals surface area contributed by atoms with E-state index < -0.39 is 59.8 Å². The highest BCUT2D eigenvalue weighted by Gasteiger charge is 2.32. The van der Waals surface area contributed by atoms with Crippen LogP contribution in [0.25, 0.3) is 0 Å². The van der Waals surface area contributed by atoms with Crippen LogP contribution in [0.3, 0.4) is 0 Å². The average Bonchev–Trinajstić information content (AvgIpc) is 2.95. The van der Waals surface area contributed by atoms with Gasteiger partial charge in [-0.25, -0.2) is 0 Å². The SMILES string of the molecule is CC(C)C[C@H](NC(=O)[C@H](Cc1ccccc1)NC(=O)[C@@H](NC(=O)[C@@H](N)Cc1ccccc1)C(C)C)C(=O)N[C@@H](C)C(=O)O. The number of carbonyl (C=O) groups excluding carboxylic acids is 4. The number of aliphatic carboxylic acids is 1. The van der Waals surface area contributed by atoms with Crippen LogP contribution in [-0.4, -0.2) is 64.9 Å². The number of nitrogens with one attached hydrogen (secondary N) is 4. The number of carboxylic acid groups (broad SMARTS) is 1. The largest absolute Gasteiger partial charge is 0.480 e. The van der Waals surface area contributed by atoms with Crippen molar-refractivity contribution >= 4 is 29.6 Å². The van der Waals surface area contributed by atoms with E-state index in [2.05, 4.69) is 21.3 Å². The zero-order valence-corrected chi connectivity index (χ0v) is 25.5. The fraction of sp³-hybridized carbons (Fsp3) is 0.469. The molecule has 0 spiro atoms. The lowest BCUT2D eigenvalue weighted by molar-refractivity contribution is -0.142. The van der Waals surface area contributed by atoms with Gasteiger partial charge >= 0.3 is 5.97 Å². The second-order valence-corrected chi connectivity index (χ2v) is 11.5. The molecule has 0 bridgehead atoms. The predicted molar refractivity (Wildman–Crippen MR) is 164 cm³/mol. The molecule has 2 rings (SSSR count). The van der Waals surface area contributed by atoms with Crippen molar-refractivity contribution in [2.24, 2.45) is 17.6 Å². The second-order valence-electron chi connectivity index (χ2n) is 11.5. The van der Waals surface area contributed by atoms with Gasteiger partial charge in [0.25, 0.3) is 0 Å². The first-order valence-electron chi connectivity index (χ1n) is 14.6. The molecule has 11 heteroatoms. The lowest BCUT2D eigenvalue weighted by Gasteiger charge is -2.28. The normalized spacial score (nSPS) is 14.6. The molecular formula is C32H45N5O6. The molecule has 0 unspecified atom stereocenters. The summed E-state index contributed by atoms with van der Waals surface area (Å²) >= 11 is 0. The highest BCUT2D eigenvalue weighted by Crippen LogP contribution is 2.11. The van der Waals surface area contributed by atoms with Gasteiger partial charge in [0.05, 0.1) is 6.04 Å². The molecule has 0 heterocycles. The Morgan fingerprint density at radius 2 is 1.14 bits per heavy atom. The summed E-state index contributed by atoms with van der Waals surface area (Å²) in [7, 11) is 0. The summed E-state index contributed by atoms with van der Waals surface area (Å²) in [5, 5.41) is 19.8.